The summed E-state index contributed by atoms with van der Waals surface area (Å²) in [6.45, 7) is 2.01. The molecule has 1 aliphatic heterocycles. The van der Waals surface area contributed by atoms with Crippen LogP contribution in [-0.4, -0.2) is 25.0 Å². The normalized spacial score (nSPS) is 21.4. The summed E-state index contributed by atoms with van der Waals surface area (Å²) in [5.41, 5.74) is 2.43. The molecule has 0 saturated heterocycles. The fourth-order valence-electron chi connectivity index (χ4n) is 2.97. The van der Waals surface area contributed by atoms with E-state index in [0.29, 0.717) is 0 Å². The summed E-state index contributed by atoms with van der Waals surface area (Å²) < 4.78 is 0. The van der Waals surface area contributed by atoms with E-state index in [9.17, 15) is 4.79 Å². The second kappa shape index (κ2) is 4.46. The molecule has 0 fully saturated rings. The van der Waals surface area contributed by atoms with Crippen LogP contribution < -0.4 is 5.01 Å². The van der Waals surface area contributed by atoms with Crippen LogP contribution in [0.4, 0.5) is 5.69 Å². The number of fused-ring (bicyclic) bond motifs is 1. The Hall–Kier alpha value is -2.13. The fourth-order valence-corrected chi connectivity index (χ4v) is 2.97. The lowest BCUT2D eigenvalue weighted by molar-refractivity contribution is -0.123. The first-order valence-electron chi connectivity index (χ1n) is 6.73. The zero-order chi connectivity index (χ0) is 14.3. The van der Waals surface area contributed by atoms with Gasteiger partial charge in [0.15, 0.2) is 0 Å². The average Bonchev–Trinajstić information content (AvgIpc) is 2.70. The van der Waals surface area contributed by atoms with Crippen molar-refractivity contribution < 1.29 is 4.79 Å². The van der Waals surface area contributed by atoms with Gasteiger partial charge in [0.05, 0.1) is 5.69 Å². The molecule has 0 aromatic heterocycles. The van der Waals surface area contributed by atoms with E-state index < -0.39 is 5.41 Å². The summed E-state index contributed by atoms with van der Waals surface area (Å²) in [6, 6.07) is 18.0. The first-order chi connectivity index (χ1) is 9.56. The number of benzene rings is 2. The number of hydrogen-bond acceptors (Lipinski definition) is 2. The average molecular weight is 266 g/mol. The lowest BCUT2D eigenvalue weighted by Gasteiger charge is -2.28. The Kier molecular flexibility index (Phi) is 2.87. The van der Waals surface area contributed by atoms with Gasteiger partial charge < -0.3 is 0 Å². The van der Waals surface area contributed by atoms with Gasteiger partial charge in [-0.3, -0.25) is 4.79 Å². The Morgan fingerprint density at radius 1 is 0.950 bits per heavy atom. The lowest BCUT2D eigenvalue weighted by Crippen LogP contribution is -2.45. The van der Waals surface area contributed by atoms with Crippen molar-refractivity contribution in [3.63, 3.8) is 0 Å². The van der Waals surface area contributed by atoms with Crippen LogP contribution in [0.1, 0.15) is 18.1 Å². The number of para-hydroxylation sites is 1. The maximum atomic E-state index is 13.0. The first-order valence-corrected chi connectivity index (χ1v) is 6.73. The van der Waals surface area contributed by atoms with Crippen molar-refractivity contribution in [2.24, 2.45) is 0 Å². The molecule has 0 unspecified atom stereocenters. The van der Waals surface area contributed by atoms with E-state index in [0.717, 1.165) is 16.8 Å². The topological polar surface area (TPSA) is 23.6 Å². The second-order valence-corrected chi connectivity index (χ2v) is 5.47. The van der Waals surface area contributed by atoms with Crippen LogP contribution in [0.3, 0.4) is 0 Å². The molecule has 2 aromatic carbocycles. The summed E-state index contributed by atoms with van der Waals surface area (Å²) in [5, 5.41) is 3.59. The molecule has 0 saturated carbocycles. The van der Waals surface area contributed by atoms with Crippen molar-refractivity contribution in [2.45, 2.75) is 12.3 Å². The number of amides is 1. The third-order valence-corrected chi connectivity index (χ3v) is 4.04. The van der Waals surface area contributed by atoms with Gasteiger partial charge in [-0.05, 0) is 24.1 Å². The minimum Gasteiger partial charge on any atom is -0.272 e. The second-order valence-electron chi connectivity index (χ2n) is 5.47. The highest BCUT2D eigenvalue weighted by atomic mass is 16.2. The van der Waals surface area contributed by atoms with Gasteiger partial charge in [-0.1, -0.05) is 48.5 Å². The van der Waals surface area contributed by atoms with E-state index in [2.05, 4.69) is 0 Å². The predicted molar refractivity (Wildman–Crippen MR) is 80.5 cm³/mol. The van der Waals surface area contributed by atoms with Crippen LogP contribution in [0.15, 0.2) is 54.6 Å². The summed E-state index contributed by atoms with van der Waals surface area (Å²) in [6.07, 6.45) is 0. The molecular formula is C17H18N2O. The lowest BCUT2D eigenvalue weighted by atomic mass is 9.77. The SMILES string of the molecule is CN(C)N1C(=O)[C@@](C)(c2ccccc2)c2ccccc21. The van der Waals surface area contributed by atoms with E-state index >= 15 is 0 Å². The van der Waals surface area contributed by atoms with Gasteiger partial charge in [-0.2, -0.15) is 0 Å². The largest absolute Gasteiger partial charge is 0.272 e. The van der Waals surface area contributed by atoms with Gasteiger partial charge in [0, 0.05) is 14.1 Å². The molecule has 102 valence electrons. The molecule has 0 radical (unpaired) electrons. The molecular weight excluding hydrogens is 248 g/mol. The Balaban J connectivity index is 2.25. The highest BCUT2D eigenvalue weighted by Gasteiger charge is 2.49. The third-order valence-electron chi connectivity index (χ3n) is 4.04. The number of hydrogen-bond donors (Lipinski definition) is 0. The van der Waals surface area contributed by atoms with Crippen LogP contribution in [0.2, 0.25) is 0 Å². The van der Waals surface area contributed by atoms with Crippen molar-refractivity contribution in [1.82, 2.24) is 5.01 Å². The van der Waals surface area contributed by atoms with Crippen molar-refractivity contribution in [1.29, 1.82) is 0 Å². The molecule has 1 aliphatic rings. The molecule has 1 atom stereocenters. The molecule has 0 aliphatic carbocycles. The van der Waals surface area contributed by atoms with Gasteiger partial charge in [0.1, 0.15) is 5.41 Å². The van der Waals surface area contributed by atoms with Crippen LogP contribution >= 0.6 is 0 Å². The van der Waals surface area contributed by atoms with Crippen LogP contribution in [0, 0.1) is 0 Å². The van der Waals surface area contributed by atoms with Crippen molar-refractivity contribution in [3.8, 4) is 0 Å². The summed E-state index contributed by atoms with van der Waals surface area (Å²) in [7, 11) is 3.79. The fraction of sp³-hybridized carbons (Fsp3) is 0.235. The summed E-state index contributed by atoms with van der Waals surface area (Å²) in [4.78, 5) is 13.0. The van der Waals surface area contributed by atoms with E-state index in [1.807, 2.05) is 80.6 Å². The number of carbonyl (C=O) groups excluding carboxylic acids is 1. The predicted octanol–water partition coefficient (Wildman–Crippen LogP) is 2.82. The Morgan fingerprint density at radius 2 is 1.55 bits per heavy atom. The van der Waals surface area contributed by atoms with Crippen molar-refractivity contribution >= 4 is 11.6 Å². The van der Waals surface area contributed by atoms with Crippen molar-refractivity contribution in [2.75, 3.05) is 19.1 Å². The molecule has 20 heavy (non-hydrogen) atoms. The van der Waals surface area contributed by atoms with Gasteiger partial charge in [-0.15, -0.1) is 0 Å². The van der Waals surface area contributed by atoms with Gasteiger partial charge >= 0.3 is 0 Å². The highest BCUT2D eigenvalue weighted by Crippen LogP contribution is 2.45. The summed E-state index contributed by atoms with van der Waals surface area (Å²) in [5.74, 6) is 0.0925. The van der Waals surface area contributed by atoms with Crippen LogP contribution in [0.5, 0.6) is 0 Å². The molecule has 3 rings (SSSR count). The van der Waals surface area contributed by atoms with Gasteiger partial charge in [-0.25, -0.2) is 10.0 Å². The van der Waals surface area contributed by atoms with Crippen LogP contribution in [0.25, 0.3) is 0 Å². The molecule has 3 nitrogen and oxygen atoms in total. The molecule has 0 spiro atoms. The van der Waals surface area contributed by atoms with Crippen LogP contribution in [-0.2, 0) is 10.2 Å². The van der Waals surface area contributed by atoms with Gasteiger partial charge in [0.25, 0.3) is 5.91 Å². The minimum absolute atomic E-state index is 0.0925. The number of hydrazine groups is 1. The first kappa shape index (κ1) is 12.9. The zero-order valence-electron chi connectivity index (χ0n) is 12.0. The van der Waals surface area contributed by atoms with E-state index in [4.69, 9.17) is 0 Å². The minimum atomic E-state index is -0.623. The van der Waals surface area contributed by atoms with E-state index in [-0.39, 0.29) is 5.91 Å². The molecule has 3 heteroatoms. The number of rotatable bonds is 2. The van der Waals surface area contributed by atoms with Gasteiger partial charge in [0.2, 0.25) is 0 Å². The third kappa shape index (κ3) is 1.60. The summed E-state index contributed by atoms with van der Waals surface area (Å²) >= 11 is 0. The van der Waals surface area contributed by atoms with Crippen molar-refractivity contribution in [3.05, 3.63) is 65.7 Å². The van der Waals surface area contributed by atoms with E-state index in [1.54, 1.807) is 5.01 Å². The molecule has 2 aromatic rings. The smallest absolute Gasteiger partial charge is 0.256 e. The Bertz CT molecular complexity index is 651. The Labute approximate surface area is 119 Å². The maximum Gasteiger partial charge on any atom is 0.256 e. The molecule has 1 amide bonds. The molecule has 0 N–H and O–H groups in total. The number of nitrogens with zero attached hydrogens (tertiary/aromatic N) is 2. The van der Waals surface area contributed by atoms with E-state index in [1.165, 1.54) is 0 Å². The number of anilines is 1. The number of carbonyl (C=O) groups is 1. The standard InChI is InChI=1S/C17H18N2O/c1-17(13-9-5-4-6-10-13)14-11-7-8-12-15(14)19(16(17)20)18(2)3/h4-12H,1-3H3/t17-/m0/s1. The molecule has 1 heterocycles. The quantitative estimate of drug-likeness (QED) is 0.834. The Morgan fingerprint density at radius 3 is 2.20 bits per heavy atom. The maximum absolute atomic E-state index is 13.0. The molecule has 0 bridgehead atoms. The highest BCUT2D eigenvalue weighted by molar-refractivity contribution is 6.09. The monoisotopic (exact) mass is 266 g/mol. The zero-order valence-corrected chi connectivity index (χ0v) is 12.0.